The van der Waals surface area contributed by atoms with E-state index in [0.717, 1.165) is 11.3 Å². The van der Waals surface area contributed by atoms with E-state index in [9.17, 15) is 14.4 Å². The third-order valence-electron chi connectivity index (χ3n) is 3.37. The van der Waals surface area contributed by atoms with Crippen LogP contribution in [0.1, 0.15) is 41.8 Å². The molecule has 0 fully saturated rings. The topological polar surface area (TPSA) is 99.5 Å². The van der Waals surface area contributed by atoms with Crippen LogP contribution in [0.15, 0.2) is 6.07 Å². The first kappa shape index (κ1) is 17.7. The van der Waals surface area contributed by atoms with Gasteiger partial charge in [-0.1, -0.05) is 0 Å². The van der Waals surface area contributed by atoms with E-state index < -0.39 is 17.8 Å². The fraction of sp³-hybridized carbons (Fsp3) is 0.333. The van der Waals surface area contributed by atoms with Crippen molar-refractivity contribution in [2.75, 3.05) is 19.5 Å². The van der Waals surface area contributed by atoms with Crippen LogP contribution in [0.4, 0.5) is 5.00 Å². The molecule has 1 amide bonds. The number of thiophene rings is 1. The highest BCUT2D eigenvalue weighted by molar-refractivity contribution is 7.18. The number of anilines is 1. The molecule has 2 heterocycles. The Morgan fingerprint density at radius 1 is 1.17 bits per heavy atom. The first-order valence-electron chi connectivity index (χ1n) is 6.92. The van der Waals surface area contributed by atoms with Crippen LogP contribution in [0.2, 0.25) is 0 Å². The van der Waals surface area contributed by atoms with Gasteiger partial charge in [0.1, 0.15) is 15.6 Å². The lowest BCUT2D eigenvalue weighted by atomic mass is 10.1. The zero-order valence-corrected chi connectivity index (χ0v) is 14.7. The smallest absolute Gasteiger partial charge is 0.348 e. The van der Waals surface area contributed by atoms with Crippen molar-refractivity contribution >= 4 is 34.2 Å². The van der Waals surface area contributed by atoms with Crippen LogP contribution >= 0.6 is 11.3 Å². The van der Waals surface area contributed by atoms with Crippen molar-refractivity contribution in [1.29, 1.82) is 0 Å². The molecule has 0 radical (unpaired) electrons. The molecule has 0 spiro atoms. The van der Waals surface area contributed by atoms with E-state index in [-0.39, 0.29) is 15.4 Å². The number of rotatable bonds is 4. The Kier molecular flexibility index (Phi) is 5.03. The number of carbonyl (C=O) groups is 3. The summed E-state index contributed by atoms with van der Waals surface area (Å²) >= 11 is 0.961. The number of aryl methyl sites for hydroxylation is 2. The Hall–Kier alpha value is -2.68. The van der Waals surface area contributed by atoms with Crippen LogP contribution in [-0.4, -0.2) is 41.8 Å². The Balaban J connectivity index is 2.45. The zero-order chi connectivity index (χ0) is 18.0. The summed E-state index contributed by atoms with van der Waals surface area (Å²) in [5.41, 5.74) is 1.55. The average molecular weight is 351 g/mol. The number of amides is 1. The number of nitrogens with one attached hydrogen (secondary N) is 1. The molecule has 9 heteroatoms. The summed E-state index contributed by atoms with van der Waals surface area (Å²) in [6, 6.07) is 1.62. The van der Waals surface area contributed by atoms with Crippen molar-refractivity contribution in [3.63, 3.8) is 0 Å². The van der Waals surface area contributed by atoms with Gasteiger partial charge in [-0.05, 0) is 25.5 Å². The van der Waals surface area contributed by atoms with Gasteiger partial charge in [-0.3, -0.25) is 9.48 Å². The number of hydrogen-bond donors (Lipinski definition) is 1. The first-order chi connectivity index (χ1) is 11.3. The number of nitrogens with zero attached hydrogens (tertiary/aromatic N) is 2. The first-order valence-corrected chi connectivity index (χ1v) is 7.73. The van der Waals surface area contributed by atoms with Crippen molar-refractivity contribution in [3.05, 3.63) is 33.5 Å². The third-order valence-corrected chi connectivity index (χ3v) is 4.56. The molecule has 8 nitrogen and oxygen atoms in total. The Labute approximate surface area is 142 Å². The molecule has 2 aromatic heterocycles. The average Bonchev–Trinajstić information content (AvgIpc) is 3.05. The number of methoxy groups -OCH3 is 2. The monoisotopic (exact) mass is 351 g/mol. The lowest BCUT2D eigenvalue weighted by molar-refractivity contribution is 0.0601. The summed E-state index contributed by atoms with van der Waals surface area (Å²) < 4.78 is 10.9. The Bertz CT molecular complexity index is 821. The molecule has 0 bridgehead atoms. The second-order valence-electron chi connectivity index (χ2n) is 4.99. The number of aromatic nitrogens is 2. The maximum absolute atomic E-state index is 12.4. The lowest BCUT2D eigenvalue weighted by Gasteiger charge is -2.06. The summed E-state index contributed by atoms with van der Waals surface area (Å²) in [6.45, 7) is 3.36. The Morgan fingerprint density at radius 2 is 1.79 bits per heavy atom. The highest BCUT2D eigenvalue weighted by Crippen LogP contribution is 2.34. The molecule has 2 aromatic rings. The number of hydrogen-bond acceptors (Lipinski definition) is 7. The zero-order valence-electron chi connectivity index (χ0n) is 13.9. The van der Waals surface area contributed by atoms with Crippen LogP contribution in [0.3, 0.4) is 0 Å². The van der Waals surface area contributed by atoms with Gasteiger partial charge in [0.25, 0.3) is 5.91 Å². The summed E-state index contributed by atoms with van der Waals surface area (Å²) in [5.74, 6) is -1.67. The fourth-order valence-corrected chi connectivity index (χ4v) is 3.34. The SMILES string of the molecule is COC(=O)c1sc(NC(=O)c2cc(C)nn2C)c(C(=O)OC)c1C. The van der Waals surface area contributed by atoms with Gasteiger partial charge in [0, 0.05) is 7.05 Å². The predicted molar refractivity (Wildman–Crippen MR) is 87.6 cm³/mol. The normalized spacial score (nSPS) is 10.4. The summed E-state index contributed by atoms with van der Waals surface area (Å²) in [4.78, 5) is 36.5. The number of ether oxygens (including phenoxy) is 2. The summed E-state index contributed by atoms with van der Waals surface area (Å²) in [6.07, 6.45) is 0. The van der Waals surface area contributed by atoms with Gasteiger partial charge in [-0.15, -0.1) is 11.3 Å². The van der Waals surface area contributed by atoms with Crippen LogP contribution in [0.5, 0.6) is 0 Å². The van der Waals surface area contributed by atoms with Crippen LogP contribution in [0, 0.1) is 13.8 Å². The molecule has 0 aromatic carbocycles. The van der Waals surface area contributed by atoms with Gasteiger partial charge in [0.15, 0.2) is 0 Å². The molecule has 0 saturated heterocycles. The maximum Gasteiger partial charge on any atom is 0.348 e. The highest BCUT2D eigenvalue weighted by Gasteiger charge is 2.27. The molecular formula is C15H17N3O5S. The molecule has 0 aliphatic carbocycles. The highest BCUT2D eigenvalue weighted by atomic mass is 32.1. The second kappa shape index (κ2) is 6.83. The number of esters is 2. The molecule has 0 saturated carbocycles. The summed E-state index contributed by atoms with van der Waals surface area (Å²) in [7, 11) is 4.12. The minimum absolute atomic E-state index is 0.134. The number of carbonyl (C=O) groups excluding carboxylic acids is 3. The molecule has 0 aliphatic rings. The van der Waals surface area contributed by atoms with Crippen molar-refractivity contribution in [2.45, 2.75) is 13.8 Å². The second-order valence-corrected chi connectivity index (χ2v) is 6.01. The lowest BCUT2D eigenvalue weighted by Crippen LogP contribution is -2.17. The van der Waals surface area contributed by atoms with Crippen LogP contribution in [-0.2, 0) is 16.5 Å². The largest absolute Gasteiger partial charge is 0.465 e. The quantitative estimate of drug-likeness (QED) is 0.845. The van der Waals surface area contributed by atoms with E-state index >= 15 is 0 Å². The van der Waals surface area contributed by atoms with Gasteiger partial charge < -0.3 is 14.8 Å². The molecular weight excluding hydrogens is 334 g/mol. The van der Waals surface area contributed by atoms with Gasteiger partial charge in [0.05, 0.1) is 25.5 Å². The molecule has 0 aliphatic heterocycles. The third kappa shape index (κ3) is 3.16. The Morgan fingerprint density at radius 3 is 2.29 bits per heavy atom. The van der Waals surface area contributed by atoms with Crippen molar-refractivity contribution in [3.8, 4) is 0 Å². The molecule has 128 valence electrons. The minimum Gasteiger partial charge on any atom is -0.465 e. The van der Waals surface area contributed by atoms with E-state index in [0.29, 0.717) is 17.0 Å². The van der Waals surface area contributed by atoms with Crippen molar-refractivity contribution in [1.82, 2.24) is 9.78 Å². The van der Waals surface area contributed by atoms with Crippen LogP contribution in [0.25, 0.3) is 0 Å². The van der Waals surface area contributed by atoms with E-state index in [4.69, 9.17) is 9.47 Å². The minimum atomic E-state index is -0.643. The maximum atomic E-state index is 12.4. The van der Waals surface area contributed by atoms with Gasteiger partial charge in [-0.25, -0.2) is 9.59 Å². The van der Waals surface area contributed by atoms with E-state index in [1.807, 2.05) is 0 Å². The molecule has 1 N–H and O–H groups in total. The van der Waals surface area contributed by atoms with Gasteiger partial charge >= 0.3 is 11.9 Å². The van der Waals surface area contributed by atoms with Gasteiger partial charge in [0.2, 0.25) is 0 Å². The van der Waals surface area contributed by atoms with Crippen molar-refractivity contribution < 1.29 is 23.9 Å². The molecule has 0 unspecified atom stereocenters. The van der Waals surface area contributed by atoms with E-state index in [1.54, 1.807) is 27.0 Å². The van der Waals surface area contributed by atoms with Crippen LogP contribution < -0.4 is 5.32 Å². The van der Waals surface area contributed by atoms with Gasteiger partial charge in [-0.2, -0.15) is 5.10 Å². The standard InChI is InChI=1S/C15H17N3O5S/c1-7-6-9(18(3)17-7)12(19)16-13-10(14(20)22-4)8(2)11(24-13)15(21)23-5/h6H,1-5H3,(H,16,19). The molecule has 0 atom stereocenters. The fourth-order valence-electron chi connectivity index (χ4n) is 2.23. The molecule has 24 heavy (non-hydrogen) atoms. The molecule has 2 rings (SSSR count). The van der Waals surface area contributed by atoms with E-state index in [2.05, 4.69) is 10.4 Å². The van der Waals surface area contributed by atoms with Crippen molar-refractivity contribution in [2.24, 2.45) is 7.05 Å². The van der Waals surface area contributed by atoms with E-state index in [1.165, 1.54) is 18.9 Å². The predicted octanol–water partition coefficient (Wildman–Crippen LogP) is 1.92. The summed E-state index contributed by atoms with van der Waals surface area (Å²) in [5, 5.41) is 6.98.